The van der Waals surface area contributed by atoms with E-state index in [1.807, 2.05) is 54.6 Å². The van der Waals surface area contributed by atoms with Crippen molar-refractivity contribution in [1.29, 1.82) is 0 Å². The van der Waals surface area contributed by atoms with Gasteiger partial charge in [-0.2, -0.15) is 0 Å². The Hall–Kier alpha value is -3.53. The summed E-state index contributed by atoms with van der Waals surface area (Å²) in [6.45, 7) is 7.56. The SMILES string of the molecule is C=CCc1ccccc1OCc1nc2ccccc2n1CCOc1ccc(C)cc1. The van der Waals surface area contributed by atoms with E-state index in [4.69, 9.17) is 14.5 Å². The molecule has 1 heterocycles. The third-order valence-electron chi connectivity index (χ3n) is 5.03. The van der Waals surface area contributed by atoms with Gasteiger partial charge in [-0.25, -0.2) is 4.98 Å². The maximum atomic E-state index is 6.15. The minimum absolute atomic E-state index is 0.396. The summed E-state index contributed by atoms with van der Waals surface area (Å²) in [5.74, 6) is 2.63. The molecule has 1 aromatic heterocycles. The maximum absolute atomic E-state index is 6.15. The summed E-state index contributed by atoms with van der Waals surface area (Å²) in [5.41, 5.74) is 4.39. The van der Waals surface area contributed by atoms with E-state index in [9.17, 15) is 0 Å². The van der Waals surface area contributed by atoms with Crippen LogP contribution in [0.2, 0.25) is 0 Å². The summed E-state index contributed by atoms with van der Waals surface area (Å²) >= 11 is 0. The third-order valence-corrected chi connectivity index (χ3v) is 5.03. The fourth-order valence-electron chi connectivity index (χ4n) is 3.49. The van der Waals surface area contributed by atoms with Crippen LogP contribution in [0.4, 0.5) is 0 Å². The number of fused-ring (bicyclic) bond motifs is 1. The Morgan fingerprint density at radius 2 is 1.70 bits per heavy atom. The van der Waals surface area contributed by atoms with Crippen LogP contribution in [-0.2, 0) is 19.6 Å². The fourth-order valence-corrected chi connectivity index (χ4v) is 3.49. The fraction of sp³-hybridized carbons (Fsp3) is 0.192. The van der Waals surface area contributed by atoms with Crippen LogP contribution in [0, 0.1) is 6.92 Å². The molecule has 0 aliphatic rings. The molecule has 0 fully saturated rings. The zero-order chi connectivity index (χ0) is 20.8. The van der Waals surface area contributed by atoms with Crippen LogP contribution >= 0.6 is 0 Å². The van der Waals surface area contributed by atoms with E-state index in [-0.39, 0.29) is 0 Å². The number of hydrogen-bond acceptors (Lipinski definition) is 3. The molecule has 0 unspecified atom stereocenters. The number of allylic oxidation sites excluding steroid dienone is 1. The van der Waals surface area contributed by atoms with Crippen LogP contribution in [0.5, 0.6) is 11.5 Å². The minimum atomic E-state index is 0.396. The van der Waals surface area contributed by atoms with E-state index in [0.29, 0.717) is 19.8 Å². The predicted octanol–water partition coefficient (Wildman–Crippen LogP) is 5.73. The molecule has 3 aromatic carbocycles. The Bertz CT molecular complexity index is 1130. The van der Waals surface area contributed by atoms with Gasteiger partial charge in [-0.15, -0.1) is 6.58 Å². The Morgan fingerprint density at radius 3 is 2.53 bits per heavy atom. The lowest BCUT2D eigenvalue weighted by Crippen LogP contribution is -2.13. The van der Waals surface area contributed by atoms with Gasteiger partial charge in [0.1, 0.15) is 30.5 Å². The van der Waals surface area contributed by atoms with E-state index in [1.165, 1.54) is 5.56 Å². The average Bonchev–Trinajstić information content (AvgIpc) is 3.12. The lowest BCUT2D eigenvalue weighted by molar-refractivity contribution is 0.271. The lowest BCUT2D eigenvalue weighted by Gasteiger charge is -2.13. The van der Waals surface area contributed by atoms with Gasteiger partial charge in [0, 0.05) is 0 Å². The smallest absolute Gasteiger partial charge is 0.148 e. The predicted molar refractivity (Wildman–Crippen MR) is 121 cm³/mol. The molecule has 30 heavy (non-hydrogen) atoms. The number of imidazole rings is 1. The first-order valence-electron chi connectivity index (χ1n) is 10.2. The molecular formula is C26H26N2O2. The van der Waals surface area contributed by atoms with Crippen LogP contribution in [0.25, 0.3) is 11.0 Å². The van der Waals surface area contributed by atoms with Crippen molar-refractivity contribution in [3.8, 4) is 11.5 Å². The highest BCUT2D eigenvalue weighted by Gasteiger charge is 2.12. The molecule has 4 aromatic rings. The molecule has 0 saturated carbocycles. The summed E-state index contributed by atoms with van der Waals surface area (Å²) in [6, 6.07) is 24.3. The average molecular weight is 399 g/mol. The van der Waals surface area contributed by atoms with Crippen molar-refractivity contribution in [2.24, 2.45) is 0 Å². The normalized spacial score (nSPS) is 10.8. The summed E-state index contributed by atoms with van der Waals surface area (Å²) in [6.07, 6.45) is 2.66. The maximum Gasteiger partial charge on any atom is 0.148 e. The van der Waals surface area contributed by atoms with Gasteiger partial charge in [0.2, 0.25) is 0 Å². The molecule has 0 saturated heterocycles. The van der Waals surface area contributed by atoms with Crippen LogP contribution in [0.15, 0.2) is 85.5 Å². The van der Waals surface area contributed by atoms with Crippen LogP contribution in [-0.4, -0.2) is 16.2 Å². The number of hydrogen-bond donors (Lipinski definition) is 0. The second-order valence-electron chi connectivity index (χ2n) is 7.22. The lowest BCUT2D eigenvalue weighted by atomic mass is 10.1. The molecule has 4 heteroatoms. The highest BCUT2D eigenvalue weighted by atomic mass is 16.5. The van der Waals surface area contributed by atoms with Crippen molar-refractivity contribution in [2.75, 3.05) is 6.61 Å². The number of ether oxygens (including phenoxy) is 2. The van der Waals surface area contributed by atoms with Crippen LogP contribution < -0.4 is 9.47 Å². The van der Waals surface area contributed by atoms with Crippen molar-refractivity contribution in [1.82, 2.24) is 9.55 Å². The van der Waals surface area contributed by atoms with Gasteiger partial charge < -0.3 is 14.0 Å². The van der Waals surface area contributed by atoms with E-state index in [2.05, 4.69) is 42.3 Å². The van der Waals surface area contributed by atoms with Crippen LogP contribution in [0.3, 0.4) is 0 Å². The first-order valence-corrected chi connectivity index (χ1v) is 10.2. The zero-order valence-electron chi connectivity index (χ0n) is 17.3. The van der Waals surface area contributed by atoms with Gasteiger partial charge in [0.15, 0.2) is 0 Å². The summed E-state index contributed by atoms with van der Waals surface area (Å²) in [7, 11) is 0. The number of benzene rings is 3. The highest BCUT2D eigenvalue weighted by molar-refractivity contribution is 5.75. The van der Waals surface area contributed by atoms with Crippen molar-refractivity contribution in [3.63, 3.8) is 0 Å². The standard InChI is InChI=1S/C26H26N2O2/c1-3-8-21-9-4-7-12-25(21)30-19-26-27-23-10-5-6-11-24(23)28(26)17-18-29-22-15-13-20(2)14-16-22/h3-7,9-16H,1,8,17-19H2,2H3. The first kappa shape index (κ1) is 19.8. The van der Waals surface area contributed by atoms with Crippen molar-refractivity contribution >= 4 is 11.0 Å². The number of aryl methyl sites for hydroxylation is 1. The topological polar surface area (TPSA) is 36.3 Å². The second-order valence-corrected chi connectivity index (χ2v) is 7.22. The third kappa shape index (κ3) is 4.54. The molecule has 4 rings (SSSR count). The van der Waals surface area contributed by atoms with E-state index < -0.39 is 0 Å². The Balaban J connectivity index is 1.51. The monoisotopic (exact) mass is 398 g/mol. The van der Waals surface area contributed by atoms with E-state index in [0.717, 1.165) is 40.3 Å². The molecule has 0 radical (unpaired) electrons. The molecule has 0 spiro atoms. The molecule has 0 amide bonds. The van der Waals surface area contributed by atoms with Gasteiger partial charge >= 0.3 is 0 Å². The van der Waals surface area contributed by atoms with Gasteiger partial charge in [-0.1, -0.05) is 54.1 Å². The summed E-state index contributed by atoms with van der Waals surface area (Å²) < 4.78 is 14.3. The first-order chi connectivity index (χ1) is 14.7. The quantitative estimate of drug-likeness (QED) is 0.338. The molecule has 0 N–H and O–H groups in total. The molecule has 0 aliphatic carbocycles. The summed E-state index contributed by atoms with van der Waals surface area (Å²) in [4.78, 5) is 4.80. The zero-order valence-corrected chi connectivity index (χ0v) is 17.3. The van der Waals surface area contributed by atoms with Gasteiger partial charge in [-0.3, -0.25) is 0 Å². The van der Waals surface area contributed by atoms with Crippen molar-refractivity contribution < 1.29 is 9.47 Å². The number of rotatable bonds is 9. The Kier molecular flexibility index (Phi) is 6.14. The largest absolute Gasteiger partial charge is 0.492 e. The molecule has 4 nitrogen and oxygen atoms in total. The minimum Gasteiger partial charge on any atom is -0.492 e. The Labute approximate surface area is 177 Å². The molecular weight excluding hydrogens is 372 g/mol. The number of aromatic nitrogens is 2. The number of para-hydroxylation sites is 3. The highest BCUT2D eigenvalue weighted by Crippen LogP contribution is 2.22. The van der Waals surface area contributed by atoms with Crippen molar-refractivity contribution in [3.05, 3.63) is 102 Å². The van der Waals surface area contributed by atoms with Gasteiger partial charge in [-0.05, 0) is 49.2 Å². The Morgan fingerprint density at radius 1 is 0.933 bits per heavy atom. The second kappa shape index (κ2) is 9.31. The molecule has 0 aliphatic heterocycles. The van der Waals surface area contributed by atoms with Gasteiger partial charge in [0.05, 0.1) is 17.6 Å². The van der Waals surface area contributed by atoms with E-state index in [1.54, 1.807) is 0 Å². The molecule has 0 atom stereocenters. The van der Waals surface area contributed by atoms with Gasteiger partial charge in [0.25, 0.3) is 0 Å². The summed E-state index contributed by atoms with van der Waals surface area (Å²) in [5, 5.41) is 0. The van der Waals surface area contributed by atoms with E-state index >= 15 is 0 Å². The molecule has 0 bridgehead atoms. The van der Waals surface area contributed by atoms with Crippen LogP contribution in [0.1, 0.15) is 17.0 Å². The molecule has 152 valence electrons. The number of nitrogens with zero attached hydrogens (tertiary/aromatic N) is 2. The van der Waals surface area contributed by atoms with Crippen molar-refractivity contribution in [2.45, 2.75) is 26.5 Å².